The number of aliphatic imine (C=N–C) groups is 1. The number of nitrogens with one attached hydrogen (secondary N) is 2. The van der Waals surface area contributed by atoms with E-state index < -0.39 is 0 Å². The van der Waals surface area contributed by atoms with Gasteiger partial charge in [-0.15, -0.1) is 0 Å². The lowest BCUT2D eigenvalue weighted by Crippen LogP contribution is -2.30. The molecule has 2 N–H and O–H groups in total. The Bertz CT molecular complexity index is 708. The lowest BCUT2D eigenvalue weighted by Gasteiger charge is -2.14. The standard InChI is InChI=1S/C21H28N4O/c1-16(2)10-13-22-14-17-4-7-19(8-5-17)26-20-9-6-18(15-25-20)21-23-11-3-12-24-21/h4-9,15-16,22H,3,10-14H2,1-2H3,(H,23,24). The molecule has 0 aliphatic carbocycles. The molecule has 2 heterocycles. The highest BCUT2D eigenvalue weighted by atomic mass is 16.5. The number of hydrogen-bond acceptors (Lipinski definition) is 5. The van der Waals surface area contributed by atoms with Crippen LogP contribution in [0, 0.1) is 5.92 Å². The normalized spacial score (nSPS) is 14.0. The molecule has 1 aromatic heterocycles. The summed E-state index contributed by atoms with van der Waals surface area (Å²) in [6.07, 6.45) is 4.09. The van der Waals surface area contributed by atoms with Crippen molar-refractivity contribution in [1.82, 2.24) is 15.6 Å². The van der Waals surface area contributed by atoms with E-state index >= 15 is 0 Å². The van der Waals surface area contributed by atoms with Crippen LogP contribution in [0.5, 0.6) is 11.6 Å². The molecular formula is C21H28N4O. The Morgan fingerprint density at radius 1 is 1.15 bits per heavy atom. The molecule has 1 aliphatic rings. The average molecular weight is 352 g/mol. The first-order chi connectivity index (χ1) is 12.7. The summed E-state index contributed by atoms with van der Waals surface area (Å²) < 4.78 is 5.84. The van der Waals surface area contributed by atoms with Gasteiger partial charge in [0.15, 0.2) is 0 Å². The second-order valence-corrected chi connectivity index (χ2v) is 7.00. The Morgan fingerprint density at radius 3 is 2.65 bits per heavy atom. The SMILES string of the molecule is CC(C)CCNCc1ccc(Oc2ccc(C3=NCCCN3)cn2)cc1. The van der Waals surface area contributed by atoms with Crippen molar-refractivity contribution < 1.29 is 4.74 Å². The van der Waals surface area contributed by atoms with Gasteiger partial charge in [-0.25, -0.2) is 4.98 Å². The second kappa shape index (κ2) is 9.34. The van der Waals surface area contributed by atoms with Crippen molar-refractivity contribution in [1.29, 1.82) is 0 Å². The van der Waals surface area contributed by atoms with Crippen LogP contribution < -0.4 is 15.4 Å². The highest BCUT2D eigenvalue weighted by molar-refractivity contribution is 5.98. The maximum atomic E-state index is 5.84. The van der Waals surface area contributed by atoms with E-state index in [0.29, 0.717) is 5.88 Å². The summed E-state index contributed by atoms with van der Waals surface area (Å²) >= 11 is 0. The molecule has 0 saturated heterocycles. The average Bonchev–Trinajstić information content (AvgIpc) is 2.68. The maximum absolute atomic E-state index is 5.84. The summed E-state index contributed by atoms with van der Waals surface area (Å²) in [7, 11) is 0. The number of hydrogen-bond donors (Lipinski definition) is 2. The quantitative estimate of drug-likeness (QED) is 0.711. The predicted molar refractivity (Wildman–Crippen MR) is 106 cm³/mol. The first-order valence-corrected chi connectivity index (χ1v) is 9.43. The minimum absolute atomic E-state index is 0.591. The summed E-state index contributed by atoms with van der Waals surface area (Å²) in [6, 6.07) is 12.0. The maximum Gasteiger partial charge on any atom is 0.219 e. The van der Waals surface area contributed by atoms with E-state index in [1.54, 1.807) is 6.20 Å². The Hall–Kier alpha value is -2.40. The zero-order chi connectivity index (χ0) is 18.2. The molecule has 1 aliphatic heterocycles. The highest BCUT2D eigenvalue weighted by Crippen LogP contribution is 2.20. The van der Waals surface area contributed by atoms with Crippen LogP contribution in [0.2, 0.25) is 0 Å². The molecule has 0 bridgehead atoms. The summed E-state index contributed by atoms with van der Waals surface area (Å²) in [5, 5.41) is 6.77. The van der Waals surface area contributed by atoms with Crippen molar-refractivity contribution in [2.45, 2.75) is 33.2 Å². The monoisotopic (exact) mass is 352 g/mol. The molecule has 1 aromatic carbocycles. The fraction of sp³-hybridized carbons (Fsp3) is 0.429. The van der Waals surface area contributed by atoms with Crippen LogP contribution in [0.3, 0.4) is 0 Å². The first-order valence-electron chi connectivity index (χ1n) is 9.43. The van der Waals surface area contributed by atoms with E-state index in [2.05, 4.69) is 46.6 Å². The highest BCUT2D eigenvalue weighted by Gasteiger charge is 2.08. The van der Waals surface area contributed by atoms with E-state index in [0.717, 1.165) is 55.7 Å². The molecule has 0 amide bonds. The van der Waals surface area contributed by atoms with E-state index in [1.807, 2.05) is 24.3 Å². The summed E-state index contributed by atoms with van der Waals surface area (Å²) in [5.41, 5.74) is 2.26. The van der Waals surface area contributed by atoms with Crippen LogP contribution in [-0.4, -0.2) is 30.5 Å². The van der Waals surface area contributed by atoms with Crippen LogP contribution in [-0.2, 0) is 6.54 Å². The molecule has 0 spiro atoms. The van der Waals surface area contributed by atoms with Gasteiger partial charge in [0, 0.05) is 37.5 Å². The van der Waals surface area contributed by atoms with E-state index in [4.69, 9.17) is 4.74 Å². The van der Waals surface area contributed by atoms with Crippen LogP contribution in [0.4, 0.5) is 0 Å². The summed E-state index contributed by atoms with van der Waals surface area (Å²) in [4.78, 5) is 8.88. The number of nitrogens with zero attached hydrogens (tertiary/aromatic N) is 2. The van der Waals surface area contributed by atoms with Gasteiger partial charge in [-0.1, -0.05) is 26.0 Å². The summed E-state index contributed by atoms with van der Waals surface area (Å²) in [6.45, 7) is 8.26. The number of aromatic nitrogens is 1. The lowest BCUT2D eigenvalue weighted by atomic mass is 10.1. The van der Waals surface area contributed by atoms with Gasteiger partial charge in [0.25, 0.3) is 0 Å². The molecule has 3 rings (SSSR count). The van der Waals surface area contributed by atoms with Gasteiger partial charge in [-0.2, -0.15) is 0 Å². The minimum atomic E-state index is 0.591. The van der Waals surface area contributed by atoms with Gasteiger partial charge in [0.1, 0.15) is 11.6 Å². The molecule has 138 valence electrons. The van der Waals surface area contributed by atoms with Crippen molar-refractivity contribution in [3.8, 4) is 11.6 Å². The summed E-state index contributed by atoms with van der Waals surface area (Å²) in [5.74, 6) is 3.04. The minimum Gasteiger partial charge on any atom is -0.439 e. The second-order valence-electron chi connectivity index (χ2n) is 7.00. The van der Waals surface area contributed by atoms with Crippen LogP contribution in [0.25, 0.3) is 0 Å². The zero-order valence-electron chi connectivity index (χ0n) is 15.7. The number of amidine groups is 1. The van der Waals surface area contributed by atoms with Crippen LogP contribution in [0.1, 0.15) is 37.8 Å². The van der Waals surface area contributed by atoms with Gasteiger partial charge < -0.3 is 15.4 Å². The topological polar surface area (TPSA) is 58.5 Å². The number of benzene rings is 1. The molecular weight excluding hydrogens is 324 g/mol. The Kier molecular flexibility index (Phi) is 6.61. The lowest BCUT2D eigenvalue weighted by molar-refractivity contribution is 0.462. The van der Waals surface area contributed by atoms with E-state index in [9.17, 15) is 0 Å². The van der Waals surface area contributed by atoms with Crippen molar-refractivity contribution in [2.24, 2.45) is 10.9 Å². The molecule has 0 radical (unpaired) electrons. The molecule has 0 saturated carbocycles. The van der Waals surface area contributed by atoms with Gasteiger partial charge in [0.2, 0.25) is 5.88 Å². The fourth-order valence-corrected chi connectivity index (χ4v) is 2.73. The molecule has 0 unspecified atom stereocenters. The van der Waals surface area contributed by atoms with Crippen molar-refractivity contribution in [3.63, 3.8) is 0 Å². The largest absolute Gasteiger partial charge is 0.439 e. The van der Waals surface area contributed by atoms with E-state index in [-0.39, 0.29) is 0 Å². The smallest absolute Gasteiger partial charge is 0.219 e. The van der Waals surface area contributed by atoms with Gasteiger partial charge in [-0.3, -0.25) is 4.99 Å². The fourth-order valence-electron chi connectivity index (χ4n) is 2.73. The van der Waals surface area contributed by atoms with Crippen LogP contribution in [0.15, 0.2) is 47.6 Å². The predicted octanol–water partition coefficient (Wildman–Crippen LogP) is 3.75. The molecule has 5 nitrogen and oxygen atoms in total. The number of pyridine rings is 1. The Labute approximate surface area is 155 Å². The number of ether oxygens (including phenoxy) is 1. The van der Waals surface area contributed by atoms with Crippen molar-refractivity contribution in [3.05, 3.63) is 53.7 Å². The Balaban J connectivity index is 1.51. The zero-order valence-corrected chi connectivity index (χ0v) is 15.7. The molecule has 26 heavy (non-hydrogen) atoms. The molecule has 0 atom stereocenters. The number of rotatable bonds is 8. The molecule has 0 fully saturated rings. The third-order valence-electron chi connectivity index (χ3n) is 4.28. The van der Waals surface area contributed by atoms with Crippen molar-refractivity contribution in [2.75, 3.05) is 19.6 Å². The molecule has 2 aromatic rings. The van der Waals surface area contributed by atoms with Gasteiger partial charge >= 0.3 is 0 Å². The first kappa shape index (κ1) is 18.4. The van der Waals surface area contributed by atoms with Crippen molar-refractivity contribution >= 4 is 5.84 Å². The Morgan fingerprint density at radius 2 is 2.00 bits per heavy atom. The molecule has 5 heteroatoms. The van der Waals surface area contributed by atoms with Crippen LogP contribution >= 0.6 is 0 Å². The third-order valence-corrected chi connectivity index (χ3v) is 4.28. The van der Waals surface area contributed by atoms with Gasteiger partial charge in [0.05, 0.1) is 0 Å². The third kappa shape index (κ3) is 5.56. The van der Waals surface area contributed by atoms with E-state index in [1.165, 1.54) is 12.0 Å². The van der Waals surface area contributed by atoms with Gasteiger partial charge in [-0.05, 0) is 49.1 Å².